The van der Waals surface area contributed by atoms with Gasteiger partial charge in [-0.1, -0.05) is 60.7 Å². The quantitative estimate of drug-likeness (QED) is 0.144. The molecule has 0 aliphatic rings. The van der Waals surface area contributed by atoms with Crippen LogP contribution in [-0.2, 0) is 6.61 Å². The first kappa shape index (κ1) is 22.7. The van der Waals surface area contributed by atoms with Crippen LogP contribution in [0.5, 0.6) is 5.75 Å². The van der Waals surface area contributed by atoms with Gasteiger partial charge in [-0.15, -0.1) is 0 Å². The zero-order valence-corrected chi connectivity index (χ0v) is 21.6. The zero-order chi connectivity index (χ0) is 22.5. The number of hydrogen-bond acceptors (Lipinski definition) is 3. The van der Waals surface area contributed by atoms with Gasteiger partial charge in [0.25, 0.3) is 5.91 Å². The second kappa shape index (κ2) is 10.4. The van der Waals surface area contributed by atoms with E-state index in [9.17, 15) is 4.79 Å². The molecule has 0 unspecified atom stereocenters. The van der Waals surface area contributed by atoms with Gasteiger partial charge in [0.15, 0.2) is 0 Å². The minimum Gasteiger partial charge on any atom is -0.487 e. The van der Waals surface area contributed by atoms with Gasteiger partial charge in [0.05, 0.1) is 13.4 Å². The van der Waals surface area contributed by atoms with Crippen molar-refractivity contribution in [3.63, 3.8) is 0 Å². The monoisotopic (exact) mass is 646 g/mol. The Hall–Kier alpha value is -2.46. The van der Waals surface area contributed by atoms with Gasteiger partial charge in [-0.3, -0.25) is 4.79 Å². The van der Waals surface area contributed by atoms with E-state index >= 15 is 0 Å². The van der Waals surface area contributed by atoms with Crippen molar-refractivity contribution in [1.29, 1.82) is 0 Å². The first-order valence-electron chi connectivity index (χ1n) is 10.0. The number of aryl methyl sites for hydroxylation is 1. The Balaban J connectivity index is 1.45. The van der Waals surface area contributed by atoms with Gasteiger partial charge in [-0.2, -0.15) is 5.10 Å². The molecule has 0 saturated carbocycles. The largest absolute Gasteiger partial charge is 0.487 e. The first-order chi connectivity index (χ1) is 15.5. The van der Waals surface area contributed by atoms with E-state index in [1.54, 1.807) is 12.3 Å². The maximum atomic E-state index is 12.3. The SMILES string of the molecule is Cc1ccccc1C(=O)N/N=C/c1cc(I)c(OCc2cccc3ccccc23)c(I)c1. The number of carbonyl (C=O) groups excluding carboxylic acids is 1. The fourth-order valence-corrected chi connectivity index (χ4v) is 5.54. The van der Waals surface area contributed by atoms with Gasteiger partial charge < -0.3 is 4.74 Å². The topological polar surface area (TPSA) is 50.7 Å². The van der Waals surface area contributed by atoms with Crippen molar-refractivity contribution in [3.05, 3.63) is 108 Å². The molecule has 0 spiro atoms. The molecule has 32 heavy (non-hydrogen) atoms. The molecule has 1 amide bonds. The standard InChI is InChI=1S/C26H20I2N2O2/c1-17-7-2-4-11-21(17)26(31)30-29-15-18-13-23(27)25(24(28)14-18)32-16-20-10-6-9-19-8-3-5-12-22(19)20/h2-15H,16H2,1H3,(H,30,31)/b29-15+. The van der Waals surface area contributed by atoms with E-state index in [0.717, 1.165) is 29.6 Å². The number of fused-ring (bicyclic) bond motifs is 1. The number of carbonyl (C=O) groups is 1. The summed E-state index contributed by atoms with van der Waals surface area (Å²) >= 11 is 4.54. The van der Waals surface area contributed by atoms with E-state index < -0.39 is 0 Å². The Labute approximate surface area is 214 Å². The number of hydrogen-bond donors (Lipinski definition) is 1. The highest BCUT2D eigenvalue weighted by atomic mass is 127. The predicted octanol–water partition coefficient (Wildman–Crippen LogP) is 6.70. The van der Waals surface area contributed by atoms with E-state index in [1.807, 2.05) is 49.4 Å². The van der Waals surface area contributed by atoms with Gasteiger partial charge in [-0.05, 0) is 97.8 Å². The van der Waals surface area contributed by atoms with Crippen molar-refractivity contribution in [3.8, 4) is 5.75 Å². The number of hydrazone groups is 1. The van der Waals surface area contributed by atoms with Crippen molar-refractivity contribution in [1.82, 2.24) is 5.43 Å². The molecule has 0 radical (unpaired) electrons. The summed E-state index contributed by atoms with van der Waals surface area (Å²) in [5.74, 6) is 0.624. The van der Waals surface area contributed by atoms with E-state index in [-0.39, 0.29) is 5.91 Å². The maximum absolute atomic E-state index is 12.3. The normalized spacial score (nSPS) is 11.1. The fourth-order valence-electron chi connectivity index (χ4n) is 3.41. The van der Waals surface area contributed by atoms with Crippen LogP contribution in [0.2, 0.25) is 0 Å². The number of nitrogens with one attached hydrogen (secondary N) is 1. The molecule has 0 aliphatic carbocycles. The van der Waals surface area contributed by atoms with Crippen LogP contribution in [0.3, 0.4) is 0 Å². The number of benzene rings is 4. The fraction of sp³-hybridized carbons (Fsp3) is 0.0769. The van der Waals surface area contributed by atoms with Crippen LogP contribution in [0, 0.1) is 14.1 Å². The Morgan fingerprint density at radius 1 is 0.969 bits per heavy atom. The molecule has 0 saturated heterocycles. The Bertz CT molecular complexity index is 1290. The highest BCUT2D eigenvalue weighted by Gasteiger charge is 2.11. The summed E-state index contributed by atoms with van der Waals surface area (Å²) in [6, 6.07) is 26.0. The highest BCUT2D eigenvalue weighted by molar-refractivity contribution is 14.1. The lowest BCUT2D eigenvalue weighted by atomic mass is 10.1. The minimum absolute atomic E-state index is 0.223. The second-order valence-corrected chi connectivity index (χ2v) is 9.58. The van der Waals surface area contributed by atoms with Crippen molar-refractivity contribution in [2.75, 3.05) is 0 Å². The van der Waals surface area contributed by atoms with E-state index in [4.69, 9.17) is 4.74 Å². The van der Waals surface area contributed by atoms with Crippen LogP contribution < -0.4 is 10.2 Å². The number of rotatable bonds is 6. The van der Waals surface area contributed by atoms with Crippen LogP contribution in [-0.4, -0.2) is 12.1 Å². The highest BCUT2D eigenvalue weighted by Crippen LogP contribution is 2.30. The molecule has 0 aromatic heterocycles. The van der Waals surface area contributed by atoms with Crippen molar-refractivity contribution in [2.24, 2.45) is 5.10 Å². The molecule has 0 fully saturated rings. The summed E-state index contributed by atoms with van der Waals surface area (Å²) < 4.78 is 8.18. The maximum Gasteiger partial charge on any atom is 0.271 e. The molecule has 0 bridgehead atoms. The van der Waals surface area contributed by atoms with E-state index in [0.29, 0.717) is 12.2 Å². The molecular formula is C26H20I2N2O2. The number of halogens is 2. The summed E-state index contributed by atoms with van der Waals surface area (Å²) in [5, 5.41) is 6.53. The molecule has 4 nitrogen and oxygen atoms in total. The molecule has 0 heterocycles. The molecular weight excluding hydrogens is 626 g/mol. The third-order valence-corrected chi connectivity index (χ3v) is 6.64. The van der Waals surface area contributed by atoms with Gasteiger partial charge in [0, 0.05) is 5.56 Å². The molecule has 4 aromatic rings. The molecule has 4 aromatic carbocycles. The van der Waals surface area contributed by atoms with Crippen LogP contribution in [0.4, 0.5) is 0 Å². The molecule has 0 aliphatic heterocycles. The number of amides is 1. The van der Waals surface area contributed by atoms with Crippen LogP contribution in [0.1, 0.15) is 27.0 Å². The smallest absolute Gasteiger partial charge is 0.271 e. The van der Waals surface area contributed by atoms with Crippen LogP contribution in [0.25, 0.3) is 10.8 Å². The third kappa shape index (κ3) is 5.29. The molecule has 4 rings (SSSR count). The van der Waals surface area contributed by atoms with Gasteiger partial charge in [-0.25, -0.2) is 5.43 Å². The summed E-state index contributed by atoms with van der Waals surface area (Å²) in [6.07, 6.45) is 1.65. The van der Waals surface area contributed by atoms with E-state index in [1.165, 1.54) is 10.8 Å². The number of nitrogens with zero attached hydrogens (tertiary/aromatic N) is 1. The molecule has 6 heteroatoms. The minimum atomic E-state index is -0.223. The van der Waals surface area contributed by atoms with Crippen molar-refractivity contribution < 1.29 is 9.53 Å². The summed E-state index contributed by atoms with van der Waals surface area (Å²) in [7, 11) is 0. The van der Waals surface area contributed by atoms with E-state index in [2.05, 4.69) is 86.0 Å². The molecule has 0 atom stereocenters. The average molecular weight is 646 g/mol. The number of ether oxygens (including phenoxy) is 1. The lowest BCUT2D eigenvalue weighted by Crippen LogP contribution is -2.18. The Kier molecular flexibility index (Phi) is 7.41. The van der Waals surface area contributed by atoms with Gasteiger partial charge >= 0.3 is 0 Å². The summed E-state index contributed by atoms with van der Waals surface area (Å²) in [6.45, 7) is 2.40. The first-order valence-corrected chi connectivity index (χ1v) is 12.2. The second-order valence-electron chi connectivity index (χ2n) is 7.25. The van der Waals surface area contributed by atoms with Crippen LogP contribution in [0.15, 0.2) is 84.0 Å². The zero-order valence-electron chi connectivity index (χ0n) is 17.3. The lowest BCUT2D eigenvalue weighted by molar-refractivity contribution is 0.0954. The van der Waals surface area contributed by atoms with Gasteiger partial charge in [0.2, 0.25) is 0 Å². The molecule has 1 N–H and O–H groups in total. The molecule has 160 valence electrons. The average Bonchev–Trinajstić information content (AvgIpc) is 2.79. The summed E-state index contributed by atoms with van der Waals surface area (Å²) in [4.78, 5) is 12.3. The Morgan fingerprint density at radius 3 is 2.44 bits per heavy atom. The summed E-state index contributed by atoms with van der Waals surface area (Å²) in [5.41, 5.74) is 6.17. The van der Waals surface area contributed by atoms with Crippen LogP contribution >= 0.6 is 45.2 Å². The van der Waals surface area contributed by atoms with Gasteiger partial charge in [0.1, 0.15) is 12.4 Å². The predicted molar refractivity (Wildman–Crippen MR) is 146 cm³/mol. The lowest BCUT2D eigenvalue weighted by Gasteiger charge is -2.13. The van der Waals surface area contributed by atoms with Crippen molar-refractivity contribution in [2.45, 2.75) is 13.5 Å². The Morgan fingerprint density at radius 2 is 1.66 bits per heavy atom. The third-order valence-electron chi connectivity index (χ3n) is 5.04. The van der Waals surface area contributed by atoms with Crippen molar-refractivity contribution >= 4 is 68.1 Å².